The minimum Gasteiger partial charge on any atom is -0.497 e. The molecule has 2 aromatic rings. The van der Waals surface area contributed by atoms with Gasteiger partial charge in [-0.25, -0.2) is 4.98 Å². The molecule has 2 rings (SSSR count). The first kappa shape index (κ1) is 17.8. The van der Waals surface area contributed by atoms with E-state index >= 15 is 0 Å². The Morgan fingerprint density at radius 3 is 2.42 bits per heavy atom. The number of hydrogen-bond acceptors (Lipinski definition) is 4. The molecule has 0 aliphatic heterocycles. The highest BCUT2D eigenvalue weighted by atomic mass is 16.5. The fourth-order valence-electron chi connectivity index (χ4n) is 2.44. The van der Waals surface area contributed by atoms with Gasteiger partial charge < -0.3 is 14.5 Å². The molecule has 0 radical (unpaired) electrons. The number of ether oxygens (including phenoxy) is 1. The van der Waals surface area contributed by atoms with Crippen LogP contribution in [0.5, 0.6) is 5.75 Å². The van der Waals surface area contributed by atoms with Gasteiger partial charge in [-0.15, -0.1) is 0 Å². The lowest BCUT2D eigenvalue weighted by atomic mass is 10.1. The van der Waals surface area contributed by atoms with Gasteiger partial charge in [-0.1, -0.05) is 12.1 Å². The average Bonchev–Trinajstić information content (AvgIpc) is 2.61. The van der Waals surface area contributed by atoms with Gasteiger partial charge in [0, 0.05) is 38.9 Å². The van der Waals surface area contributed by atoms with E-state index in [1.165, 1.54) is 5.56 Å². The van der Waals surface area contributed by atoms with Crippen molar-refractivity contribution in [2.75, 3.05) is 33.2 Å². The van der Waals surface area contributed by atoms with Crippen LogP contribution in [0, 0.1) is 0 Å². The number of likely N-dealkylation sites (N-methyl/N-ethyl adjacent to an activating group) is 1. The molecule has 5 nitrogen and oxygen atoms in total. The van der Waals surface area contributed by atoms with Gasteiger partial charge in [-0.3, -0.25) is 4.79 Å². The van der Waals surface area contributed by atoms with Crippen LogP contribution in [-0.2, 0) is 6.42 Å². The van der Waals surface area contributed by atoms with Gasteiger partial charge in [0.15, 0.2) is 0 Å². The molecule has 128 valence electrons. The average molecular weight is 327 g/mol. The largest absolute Gasteiger partial charge is 0.497 e. The highest BCUT2D eigenvalue weighted by molar-refractivity contribution is 5.94. The summed E-state index contributed by atoms with van der Waals surface area (Å²) in [5, 5.41) is 0. The molecule has 0 saturated carbocycles. The minimum absolute atomic E-state index is 0.00140. The van der Waals surface area contributed by atoms with Crippen molar-refractivity contribution in [1.82, 2.24) is 9.88 Å². The van der Waals surface area contributed by atoms with E-state index < -0.39 is 0 Å². The Balaban J connectivity index is 2.07. The van der Waals surface area contributed by atoms with Crippen molar-refractivity contribution in [3.05, 3.63) is 53.7 Å². The first-order valence-electron chi connectivity index (χ1n) is 7.96. The number of carbonyl (C=O) groups is 1. The molecule has 0 N–H and O–H groups in total. The van der Waals surface area contributed by atoms with Crippen LogP contribution in [0.3, 0.4) is 0 Å². The summed E-state index contributed by atoms with van der Waals surface area (Å²) in [5.74, 6) is 1.61. The molecule has 0 aliphatic carbocycles. The zero-order chi connectivity index (χ0) is 17.7. The van der Waals surface area contributed by atoms with E-state index in [2.05, 4.69) is 11.9 Å². The lowest BCUT2D eigenvalue weighted by molar-refractivity contribution is 0.0743. The fourth-order valence-corrected chi connectivity index (χ4v) is 2.44. The van der Waals surface area contributed by atoms with Crippen LogP contribution >= 0.6 is 0 Å². The van der Waals surface area contributed by atoms with Crippen LogP contribution in [0.4, 0.5) is 5.82 Å². The number of methoxy groups -OCH3 is 1. The second-order valence-corrected chi connectivity index (χ2v) is 6.11. The van der Waals surface area contributed by atoms with Crippen molar-refractivity contribution in [1.29, 1.82) is 0 Å². The summed E-state index contributed by atoms with van der Waals surface area (Å²) >= 11 is 0. The summed E-state index contributed by atoms with van der Waals surface area (Å²) in [7, 11) is 7.31. The molecule has 0 bridgehead atoms. The molecular weight excluding hydrogens is 302 g/mol. The Labute approximate surface area is 143 Å². The van der Waals surface area contributed by atoms with Crippen molar-refractivity contribution in [3.8, 4) is 5.75 Å². The van der Waals surface area contributed by atoms with E-state index in [9.17, 15) is 4.79 Å². The topological polar surface area (TPSA) is 45.7 Å². The van der Waals surface area contributed by atoms with Crippen molar-refractivity contribution in [2.24, 2.45) is 0 Å². The highest BCUT2D eigenvalue weighted by Crippen LogP contribution is 2.16. The molecule has 0 aliphatic rings. The fraction of sp³-hybridized carbons (Fsp3) is 0.368. The first-order chi connectivity index (χ1) is 11.4. The molecule has 1 aromatic carbocycles. The normalized spacial score (nSPS) is 11.7. The number of benzene rings is 1. The Hall–Kier alpha value is -2.56. The Morgan fingerprint density at radius 2 is 1.83 bits per heavy atom. The Bertz CT molecular complexity index is 683. The molecule has 0 fully saturated rings. The van der Waals surface area contributed by atoms with E-state index in [1.54, 1.807) is 24.3 Å². The molecule has 1 atom stereocenters. The molecule has 0 spiro atoms. The van der Waals surface area contributed by atoms with Gasteiger partial charge in [0.1, 0.15) is 11.6 Å². The summed E-state index contributed by atoms with van der Waals surface area (Å²) < 4.78 is 5.17. The zero-order valence-corrected chi connectivity index (χ0v) is 15.0. The van der Waals surface area contributed by atoms with Gasteiger partial charge in [0.25, 0.3) is 5.91 Å². The Morgan fingerprint density at radius 1 is 1.17 bits per heavy atom. The number of pyridine rings is 1. The standard InChI is InChI=1S/C19H25N3O2/c1-14(12-15-6-8-17(24-5)9-7-15)22(4)19(23)16-10-11-20-18(13-16)21(2)3/h6-11,13-14H,12H2,1-5H3. The first-order valence-corrected chi connectivity index (χ1v) is 7.96. The van der Waals surface area contributed by atoms with E-state index in [4.69, 9.17) is 4.74 Å². The highest BCUT2D eigenvalue weighted by Gasteiger charge is 2.18. The molecule has 5 heteroatoms. The number of hydrogen-bond donors (Lipinski definition) is 0. The van der Waals surface area contributed by atoms with Gasteiger partial charge in [0.2, 0.25) is 0 Å². The number of amides is 1. The molecule has 1 unspecified atom stereocenters. The number of carbonyl (C=O) groups excluding carboxylic acids is 1. The summed E-state index contributed by atoms with van der Waals surface area (Å²) in [4.78, 5) is 20.6. The monoisotopic (exact) mass is 327 g/mol. The molecular formula is C19H25N3O2. The predicted molar refractivity (Wildman–Crippen MR) is 96.8 cm³/mol. The number of aromatic nitrogens is 1. The van der Waals surface area contributed by atoms with Crippen LogP contribution in [0.2, 0.25) is 0 Å². The van der Waals surface area contributed by atoms with Gasteiger partial charge in [0.05, 0.1) is 7.11 Å². The summed E-state index contributed by atoms with van der Waals surface area (Å²) in [6.45, 7) is 2.05. The van der Waals surface area contributed by atoms with E-state index in [1.807, 2.05) is 56.4 Å². The SMILES string of the molecule is COc1ccc(CC(C)N(C)C(=O)c2ccnc(N(C)C)c2)cc1. The van der Waals surface area contributed by atoms with Crippen molar-refractivity contribution >= 4 is 11.7 Å². The summed E-state index contributed by atoms with van der Waals surface area (Å²) in [5.41, 5.74) is 1.82. The van der Waals surface area contributed by atoms with Crippen LogP contribution in [0.15, 0.2) is 42.6 Å². The molecule has 1 amide bonds. The maximum atomic E-state index is 12.7. The maximum Gasteiger partial charge on any atom is 0.254 e. The van der Waals surface area contributed by atoms with Crippen LogP contribution < -0.4 is 9.64 Å². The van der Waals surface area contributed by atoms with Crippen LogP contribution in [0.25, 0.3) is 0 Å². The molecule has 0 saturated heterocycles. The summed E-state index contributed by atoms with van der Waals surface area (Å²) in [6.07, 6.45) is 2.46. The minimum atomic E-state index is 0.00140. The quantitative estimate of drug-likeness (QED) is 0.818. The Kier molecular flexibility index (Phi) is 5.79. The lowest BCUT2D eigenvalue weighted by Crippen LogP contribution is -2.36. The molecule has 1 aromatic heterocycles. The van der Waals surface area contributed by atoms with E-state index in [-0.39, 0.29) is 11.9 Å². The molecule has 24 heavy (non-hydrogen) atoms. The number of rotatable bonds is 6. The third-order valence-electron chi connectivity index (χ3n) is 4.12. The van der Waals surface area contributed by atoms with Crippen molar-refractivity contribution in [3.63, 3.8) is 0 Å². The third kappa shape index (κ3) is 4.25. The predicted octanol–water partition coefficient (Wildman–Crippen LogP) is 2.86. The summed E-state index contributed by atoms with van der Waals surface area (Å²) in [6, 6.07) is 11.6. The van der Waals surface area contributed by atoms with Gasteiger partial charge in [-0.05, 0) is 43.2 Å². The second kappa shape index (κ2) is 7.81. The zero-order valence-electron chi connectivity index (χ0n) is 15.0. The van der Waals surface area contributed by atoms with E-state index in [0.29, 0.717) is 5.56 Å². The van der Waals surface area contributed by atoms with Crippen LogP contribution in [0.1, 0.15) is 22.8 Å². The smallest absolute Gasteiger partial charge is 0.254 e. The maximum absolute atomic E-state index is 12.7. The van der Waals surface area contributed by atoms with Crippen LogP contribution in [-0.4, -0.2) is 50.1 Å². The van der Waals surface area contributed by atoms with Crippen molar-refractivity contribution < 1.29 is 9.53 Å². The number of anilines is 1. The number of nitrogens with zero attached hydrogens (tertiary/aromatic N) is 3. The molecule has 1 heterocycles. The van der Waals surface area contributed by atoms with Gasteiger partial charge >= 0.3 is 0 Å². The third-order valence-corrected chi connectivity index (χ3v) is 4.12. The van der Waals surface area contributed by atoms with E-state index in [0.717, 1.165) is 18.0 Å². The van der Waals surface area contributed by atoms with Crippen molar-refractivity contribution in [2.45, 2.75) is 19.4 Å². The van der Waals surface area contributed by atoms with Gasteiger partial charge in [-0.2, -0.15) is 0 Å². The second-order valence-electron chi connectivity index (χ2n) is 6.11. The lowest BCUT2D eigenvalue weighted by Gasteiger charge is -2.25.